The van der Waals surface area contributed by atoms with E-state index in [1.54, 1.807) is 12.4 Å². The summed E-state index contributed by atoms with van der Waals surface area (Å²) in [5.41, 5.74) is 7.19. The van der Waals surface area contributed by atoms with Crippen molar-refractivity contribution in [3.8, 4) is 79.7 Å². The van der Waals surface area contributed by atoms with Crippen molar-refractivity contribution in [3.05, 3.63) is 194 Å². The monoisotopic (exact) mass is 768 g/mol. The fourth-order valence-corrected chi connectivity index (χ4v) is 8.01. The lowest BCUT2D eigenvalue weighted by Gasteiger charge is -2.19. The van der Waals surface area contributed by atoms with Crippen molar-refractivity contribution in [1.29, 1.82) is 0 Å². The molecule has 4 heterocycles. The molecule has 0 amide bonds. The second-order valence-corrected chi connectivity index (χ2v) is 14.3. The summed E-state index contributed by atoms with van der Waals surface area (Å²) in [5.74, 6) is 3.35. The molecule has 11 rings (SSSR count). The standard InChI is InChI=1S/C52H32N8/c1-3-17-33(18-4-1)47-55-48(34-19-5-2-6-20-34)57-52(56-47)46-39-25-11-9-23-37(39)45(38-24-10-12-26-40(38)46)41-29-30-42(36-22-8-7-21-35(36)41)49-58-50(43-27-13-15-31-53-43)60-51(59-49)44-28-14-16-32-54-44/h1-32H. The SMILES string of the molecule is c1ccc(-c2nc(-c3ccccc3)nc(-c3c4ccccc4c(-c4ccc(-c5nc(-c6ccccn6)nc(-c6ccccn6)n5)c5ccccc45)c4ccccc34)n2)cc1. The molecule has 60 heavy (non-hydrogen) atoms. The first-order valence-electron chi connectivity index (χ1n) is 19.7. The number of fused-ring (bicyclic) bond motifs is 3. The van der Waals surface area contributed by atoms with Gasteiger partial charge in [0.25, 0.3) is 0 Å². The van der Waals surface area contributed by atoms with Crippen LogP contribution < -0.4 is 0 Å². The highest BCUT2D eigenvalue weighted by Crippen LogP contribution is 2.46. The highest BCUT2D eigenvalue weighted by atomic mass is 15.1. The predicted molar refractivity (Wildman–Crippen MR) is 239 cm³/mol. The minimum absolute atomic E-state index is 0.478. The van der Waals surface area contributed by atoms with Crippen LogP contribution in [-0.2, 0) is 0 Å². The number of rotatable bonds is 7. The zero-order valence-electron chi connectivity index (χ0n) is 32.1. The van der Waals surface area contributed by atoms with Gasteiger partial charge in [-0.2, -0.15) is 0 Å². The van der Waals surface area contributed by atoms with E-state index in [1.807, 2.05) is 97.1 Å². The molecule has 0 aliphatic heterocycles. The van der Waals surface area contributed by atoms with E-state index in [0.29, 0.717) is 46.3 Å². The van der Waals surface area contributed by atoms with E-state index in [-0.39, 0.29) is 0 Å². The van der Waals surface area contributed by atoms with Crippen LogP contribution in [0.3, 0.4) is 0 Å². The van der Waals surface area contributed by atoms with Crippen molar-refractivity contribution in [2.45, 2.75) is 0 Å². The maximum atomic E-state index is 5.20. The molecule has 0 radical (unpaired) electrons. The molecular formula is C52H32N8. The molecule has 8 heteroatoms. The molecule has 0 fully saturated rings. The Bertz CT molecular complexity index is 3190. The highest BCUT2D eigenvalue weighted by molar-refractivity contribution is 6.23. The van der Waals surface area contributed by atoms with Crippen LogP contribution in [-0.4, -0.2) is 39.9 Å². The third-order valence-corrected chi connectivity index (χ3v) is 10.7. The number of nitrogens with zero attached hydrogens (tertiary/aromatic N) is 8. The topological polar surface area (TPSA) is 103 Å². The fourth-order valence-electron chi connectivity index (χ4n) is 8.01. The summed E-state index contributed by atoms with van der Waals surface area (Å²) < 4.78 is 0. The lowest BCUT2D eigenvalue weighted by molar-refractivity contribution is 1.05. The second kappa shape index (κ2) is 14.9. The zero-order valence-corrected chi connectivity index (χ0v) is 32.1. The number of hydrogen-bond acceptors (Lipinski definition) is 8. The van der Waals surface area contributed by atoms with Crippen molar-refractivity contribution >= 4 is 32.3 Å². The molecular weight excluding hydrogens is 737 g/mol. The van der Waals surface area contributed by atoms with E-state index in [9.17, 15) is 0 Å². The first-order chi connectivity index (χ1) is 29.8. The van der Waals surface area contributed by atoms with Crippen molar-refractivity contribution in [2.24, 2.45) is 0 Å². The molecule has 8 nitrogen and oxygen atoms in total. The molecule has 7 aromatic carbocycles. The zero-order chi connectivity index (χ0) is 39.8. The van der Waals surface area contributed by atoms with Gasteiger partial charge in [0.15, 0.2) is 34.9 Å². The van der Waals surface area contributed by atoms with Crippen LogP contribution in [0.4, 0.5) is 0 Å². The number of pyridine rings is 2. The van der Waals surface area contributed by atoms with E-state index in [2.05, 4.69) is 94.9 Å². The third-order valence-electron chi connectivity index (χ3n) is 10.7. The average molecular weight is 769 g/mol. The predicted octanol–water partition coefficient (Wildman–Crippen LogP) is 12.0. The Kier molecular flexibility index (Phi) is 8.63. The fraction of sp³-hybridized carbons (Fsp3) is 0. The first kappa shape index (κ1) is 34.9. The maximum absolute atomic E-state index is 5.20. The Labute approximate surface area is 345 Å². The van der Waals surface area contributed by atoms with Crippen LogP contribution in [0.1, 0.15) is 0 Å². The summed E-state index contributed by atoms with van der Waals surface area (Å²) in [6, 6.07) is 61.5. The van der Waals surface area contributed by atoms with Crippen LogP contribution in [0.5, 0.6) is 0 Å². The minimum atomic E-state index is 0.478. The van der Waals surface area contributed by atoms with Gasteiger partial charge in [0, 0.05) is 34.6 Å². The summed E-state index contributed by atoms with van der Waals surface area (Å²) in [6.45, 7) is 0. The van der Waals surface area contributed by atoms with Gasteiger partial charge in [-0.1, -0.05) is 152 Å². The largest absolute Gasteiger partial charge is 0.253 e. The molecule has 0 N–H and O–H groups in total. The van der Waals surface area contributed by atoms with E-state index in [0.717, 1.165) is 65.7 Å². The second-order valence-electron chi connectivity index (χ2n) is 14.3. The molecule has 0 unspecified atom stereocenters. The van der Waals surface area contributed by atoms with Crippen LogP contribution in [0.15, 0.2) is 194 Å². The molecule has 0 atom stereocenters. The lowest BCUT2D eigenvalue weighted by Crippen LogP contribution is -2.02. The molecule has 280 valence electrons. The summed E-state index contributed by atoms with van der Waals surface area (Å²) in [5, 5.41) is 6.33. The minimum Gasteiger partial charge on any atom is -0.253 e. The van der Waals surface area contributed by atoms with Crippen molar-refractivity contribution < 1.29 is 0 Å². The van der Waals surface area contributed by atoms with Crippen molar-refractivity contribution in [3.63, 3.8) is 0 Å². The van der Waals surface area contributed by atoms with Gasteiger partial charge in [0.1, 0.15) is 11.4 Å². The molecule has 4 aromatic heterocycles. The summed E-state index contributed by atoms with van der Waals surface area (Å²) in [7, 11) is 0. The van der Waals surface area contributed by atoms with Gasteiger partial charge in [0.05, 0.1) is 0 Å². The first-order valence-corrected chi connectivity index (χ1v) is 19.7. The van der Waals surface area contributed by atoms with Gasteiger partial charge >= 0.3 is 0 Å². The van der Waals surface area contributed by atoms with Gasteiger partial charge in [0.2, 0.25) is 0 Å². The maximum Gasteiger partial charge on any atom is 0.182 e. The Morgan fingerprint density at radius 3 is 1.08 bits per heavy atom. The summed E-state index contributed by atoms with van der Waals surface area (Å²) in [4.78, 5) is 39.4. The van der Waals surface area contributed by atoms with Gasteiger partial charge in [-0.3, -0.25) is 9.97 Å². The molecule has 0 saturated carbocycles. The quantitative estimate of drug-likeness (QED) is 0.148. The lowest BCUT2D eigenvalue weighted by atomic mass is 9.85. The smallest absolute Gasteiger partial charge is 0.182 e. The summed E-state index contributed by atoms with van der Waals surface area (Å²) in [6.07, 6.45) is 3.49. The highest BCUT2D eigenvalue weighted by Gasteiger charge is 2.23. The van der Waals surface area contributed by atoms with Gasteiger partial charge < -0.3 is 0 Å². The average Bonchev–Trinajstić information content (AvgIpc) is 3.34. The van der Waals surface area contributed by atoms with Crippen LogP contribution in [0.25, 0.3) is 112 Å². The Morgan fingerprint density at radius 2 is 0.600 bits per heavy atom. The number of aromatic nitrogens is 8. The number of benzene rings is 7. The van der Waals surface area contributed by atoms with Gasteiger partial charge in [-0.15, -0.1) is 0 Å². The Balaban J connectivity index is 1.15. The molecule has 0 saturated heterocycles. The van der Waals surface area contributed by atoms with E-state index < -0.39 is 0 Å². The van der Waals surface area contributed by atoms with Gasteiger partial charge in [-0.25, -0.2) is 29.9 Å². The number of hydrogen-bond donors (Lipinski definition) is 0. The third kappa shape index (κ3) is 6.20. The Morgan fingerprint density at radius 1 is 0.233 bits per heavy atom. The summed E-state index contributed by atoms with van der Waals surface area (Å²) >= 11 is 0. The van der Waals surface area contributed by atoms with E-state index in [1.165, 1.54) is 0 Å². The van der Waals surface area contributed by atoms with E-state index >= 15 is 0 Å². The van der Waals surface area contributed by atoms with E-state index in [4.69, 9.17) is 29.9 Å². The molecule has 0 aliphatic rings. The van der Waals surface area contributed by atoms with Crippen LogP contribution in [0.2, 0.25) is 0 Å². The molecule has 0 spiro atoms. The molecule has 0 bridgehead atoms. The van der Waals surface area contributed by atoms with Crippen LogP contribution in [0, 0.1) is 0 Å². The van der Waals surface area contributed by atoms with Crippen molar-refractivity contribution in [1.82, 2.24) is 39.9 Å². The Hall–Kier alpha value is -8.36. The normalized spacial score (nSPS) is 11.3. The van der Waals surface area contributed by atoms with Crippen molar-refractivity contribution in [2.75, 3.05) is 0 Å². The molecule has 0 aliphatic carbocycles. The van der Waals surface area contributed by atoms with Gasteiger partial charge in [-0.05, 0) is 73.8 Å². The van der Waals surface area contributed by atoms with Crippen LogP contribution >= 0.6 is 0 Å². The molecule has 11 aromatic rings.